The van der Waals surface area contributed by atoms with Crippen molar-refractivity contribution in [3.63, 3.8) is 0 Å². The van der Waals surface area contributed by atoms with E-state index in [1.165, 1.54) is 0 Å². The Labute approximate surface area is 75.5 Å². The van der Waals surface area contributed by atoms with Crippen LogP contribution in [-0.4, -0.2) is 5.91 Å². The van der Waals surface area contributed by atoms with Crippen LogP contribution in [-0.2, 0) is 11.2 Å². The molecule has 0 saturated carbocycles. The summed E-state index contributed by atoms with van der Waals surface area (Å²) < 4.78 is 0. The second-order valence-corrected chi connectivity index (χ2v) is 3.33. The Balaban J connectivity index is 2.61. The summed E-state index contributed by atoms with van der Waals surface area (Å²) in [5, 5.41) is 3.49. The summed E-state index contributed by atoms with van der Waals surface area (Å²) in [5.74, 6) is 0.0513. The first-order valence-electron chi connectivity index (χ1n) is 3.76. The number of halogens is 1. The van der Waals surface area contributed by atoms with Gasteiger partial charge in [-0.15, -0.1) is 0 Å². The molecule has 2 rings (SSSR count). The van der Waals surface area contributed by atoms with Crippen molar-refractivity contribution in [2.45, 2.75) is 13.3 Å². The highest BCUT2D eigenvalue weighted by molar-refractivity contribution is 6.31. The van der Waals surface area contributed by atoms with Gasteiger partial charge < -0.3 is 5.32 Å². The zero-order valence-electron chi connectivity index (χ0n) is 6.65. The van der Waals surface area contributed by atoms with Crippen molar-refractivity contribution in [2.75, 3.05) is 5.32 Å². The Hall–Kier alpha value is -1.02. The molecule has 2 nitrogen and oxygen atoms in total. The van der Waals surface area contributed by atoms with E-state index in [-0.39, 0.29) is 5.91 Å². The lowest BCUT2D eigenvalue weighted by molar-refractivity contribution is -0.115. The highest BCUT2D eigenvalue weighted by atomic mass is 35.5. The molecule has 1 aromatic rings. The monoisotopic (exact) mass is 181 g/mol. The minimum atomic E-state index is 0.0513. The Morgan fingerprint density at radius 1 is 1.50 bits per heavy atom. The van der Waals surface area contributed by atoms with Gasteiger partial charge in [0.2, 0.25) is 5.91 Å². The summed E-state index contributed by atoms with van der Waals surface area (Å²) >= 11 is 5.90. The first-order valence-corrected chi connectivity index (χ1v) is 4.14. The van der Waals surface area contributed by atoms with E-state index in [4.69, 9.17) is 11.6 Å². The van der Waals surface area contributed by atoms with E-state index in [1.807, 2.05) is 13.0 Å². The highest BCUT2D eigenvalue weighted by Crippen LogP contribution is 2.30. The van der Waals surface area contributed by atoms with Crippen LogP contribution in [0, 0.1) is 6.92 Å². The van der Waals surface area contributed by atoms with E-state index in [1.54, 1.807) is 6.07 Å². The fourth-order valence-electron chi connectivity index (χ4n) is 1.43. The molecule has 1 amide bonds. The fraction of sp³-hybridized carbons (Fsp3) is 0.222. The molecule has 1 aliphatic rings. The van der Waals surface area contributed by atoms with Crippen molar-refractivity contribution in [3.8, 4) is 0 Å². The molecule has 0 atom stereocenters. The largest absolute Gasteiger partial charge is 0.326 e. The van der Waals surface area contributed by atoms with Gasteiger partial charge >= 0.3 is 0 Å². The Bertz CT molecular complexity index is 360. The van der Waals surface area contributed by atoms with Crippen LogP contribution in [0.5, 0.6) is 0 Å². The molecule has 1 aromatic carbocycles. The standard InChI is InChI=1S/C9H8ClNO/c1-5-6-4-9(12)11-8(6)3-2-7(5)10/h2-3H,4H2,1H3,(H,11,12). The molecular formula is C9H8ClNO. The number of carbonyl (C=O) groups is 1. The molecule has 0 bridgehead atoms. The molecule has 62 valence electrons. The minimum Gasteiger partial charge on any atom is -0.326 e. The third-order valence-corrected chi connectivity index (χ3v) is 2.55. The summed E-state index contributed by atoms with van der Waals surface area (Å²) in [6.45, 7) is 1.93. The maximum atomic E-state index is 11.0. The zero-order valence-corrected chi connectivity index (χ0v) is 7.40. The van der Waals surface area contributed by atoms with Crippen molar-refractivity contribution in [3.05, 3.63) is 28.3 Å². The van der Waals surface area contributed by atoms with Gasteiger partial charge in [0.05, 0.1) is 6.42 Å². The third kappa shape index (κ3) is 0.994. The van der Waals surface area contributed by atoms with Gasteiger partial charge in [-0.25, -0.2) is 0 Å². The summed E-state index contributed by atoms with van der Waals surface area (Å²) in [6, 6.07) is 3.65. The van der Waals surface area contributed by atoms with Crippen LogP contribution >= 0.6 is 11.6 Å². The number of amides is 1. The number of carbonyl (C=O) groups excluding carboxylic acids is 1. The number of fused-ring (bicyclic) bond motifs is 1. The maximum Gasteiger partial charge on any atom is 0.228 e. The Morgan fingerprint density at radius 3 is 3.00 bits per heavy atom. The maximum absolute atomic E-state index is 11.0. The molecule has 0 unspecified atom stereocenters. The molecule has 0 fully saturated rings. The number of benzene rings is 1. The van der Waals surface area contributed by atoms with Crippen LogP contribution < -0.4 is 5.32 Å². The molecule has 0 aromatic heterocycles. The van der Waals surface area contributed by atoms with E-state index < -0.39 is 0 Å². The average molecular weight is 182 g/mol. The minimum absolute atomic E-state index is 0.0513. The number of rotatable bonds is 0. The van der Waals surface area contributed by atoms with Crippen LogP contribution in [0.4, 0.5) is 5.69 Å². The second-order valence-electron chi connectivity index (χ2n) is 2.92. The van der Waals surface area contributed by atoms with E-state index in [0.29, 0.717) is 6.42 Å². The second kappa shape index (κ2) is 2.49. The molecule has 0 spiro atoms. The number of nitrogens with one attached hydrogen (secondary N) is 1. The first kappa shape index (κ1) is 7.62. The molecule has 1 heterocycles. The summed E-state index contributed by atoms with van der Waals surface area (Å²) in [4.78, 5) is 11.0. The van der Waals surface area contributed by atoms with E-state index in [0.717, 1.165) is 21.8 Å². The van der Waals surface area contributed by atoms with Gasteiger partial charge in [0.25, 0.3) is 0 Å². The van der Waals surface area contributed by atoms with Crippen molar-refractivity contribution in [2.24, 2.45) is 0 Å². The molecule has 0 aliphatic carbocycles. The highest BCUT2D eigenvalue weighted by Gasteiger charge is 2.19. The number of hydrogen-bond donors (Lipinski definition) is 1. The lowest BCUT2D eigenvalue weighted by atomic mass is 10.1. The van der Waals surface area contributed by atoms with Crippen molar-refractivity contribution >= 4 is 23.2 Å². The van der Waals surface area contributed by atoms with E-state index >= 15 is 0 Å². The molecule has 3 heteroatoms. The molecule has 12 heavy (non-hydrogen) atoms. The normalized spacial score (nSPS) is 14.3. The van der Waals surface area contributed by atoms with Gasteiger partial charge in [0.1, 0.15) is 0 Å². The molecular weight excluding hydrogens is 174 g/mol. The van der Waals surface area contributed by atoms with Gasteiger partial charge in [-0.05, 0) is 30.2 Å². The molecule has 1 N–H and O–H groups in total. The van der Waals surface area contributed by atoms with E-state index in [9.17, 15) is 4.79 Å². The van der Waals surface area contributed by atoms with Gasteiger partial charge in [0.15, 0.2) is 0 Å². The molecule has 0 saturated heterocycles. The van der Waals surface area contributed by atoms with Crippen molar-refractivity contribution in [1.82, 2.24) is 0 Å². The topological polar surface area (TPSA) is 29.1 Å². The first-order chi connectivity index (χ1) is 5.68. The van der Waals surface area contributed by atoms with Crippen molar-refractivity contribution < 1.29 is 4.79 Å². The lowest BCUT2D eigenvalue weighted by Gasteiger charge is -2.03. The lowest BCUT2D eigenvalue weighted by Crippen LogP contribution is -2.03. The summed E-state index contributed by atoms with van der Waals surface area (Å²) in [5.41, 5.74) is 2.95. The van der Waals surface area contributed by atoms with Gasteiger partial charge in [-0.2, -0.15) is 0 Å². The van der Waals surface area contributed by atoms with Gasteiger partial charge in [-0.1, -0.05) is 11.6 Å². The van der Waals surface area contributed by atoms with Crippen LogP contribution in [0.3, 0.4) is 0 Å². The van der Waals surface area contributed by atoms with Crippen LogP contribution in [0.15, 0.2) is 12.1 Å². The Morgan fingerprint density at radius 2 is 2.25 bits per heavy atom. The predicted molar refractivity (Wildman–Crippen MR) is 48.5 cm³/mol. The third-order valence-electron chi connectivity index (χ3n) is 2.14. The van der Waals surface area contributed by atoms with Gasteiger partial charge in [-0.3, -0.25) is 4.79 Å². The van der Waals surface area contributed by atoms with Crippen LogP contribution in [0.25, 0.3) is 0 Å². The summed E-state index contributed by atoms with van der Waals surface area (Å²) in [7, 11) is 0. The predicted octanol–water partition coefficient (Wildman–Crippen LogP) is 2.14. The number of hydrogen-bond acceptors (Lipinski definition) is 1. The summed E-state index contributed by atoms with van der Waals surface area (Å²) in [6.07, 6.45) is 0.460. The van der Waals surface area contributed by atoms with E-state index in [2.05, 4.69) is 5.32 Å². The molecule has 1 aliphatic heterocycles. The smallest absolute Gasteiger partial charge is 0.228 e. The average Bonchev–Trinajstić information content (AvgIpc) is 2.39. The SMILES string of the molecule is Cc1c(Cl)ccc2c1CC(=O)N2. The van der Waals surface area contributed by atoms with Crippen LogP contribution in [0.1, 0.15) is 11.1 Å². The Kier molecular flexibility index (Phi) is 1.58. The molecule has 0 radical (unpaired) electrons. The van der Waals surface area contributed by atoms with Crippen LogP contribution in [0.2, 0.25) is 5.02 Å². The zero-order chi connectivity index (χ0) is 8.72. The van der Waals surface area contributed by atoms with Gasteiger partial charge in [0, 0.05) is 10.7 Å². The fourth-order valence-corrected chi connectivity index (χ4v) is 1.61. The number of anilines is 1. The quantitative estimate of drug-likeness (QED) is 0.653. The van der Waals surface area contributed by atoms with Crippen molar-refractivity contribution in [1.29, 1.82) is 0 Å².